The quantitative estimate of drug-likeness (QED) is 0.560. The predicted octanol–water partition coefficient (Wildman–Crippen LogP) is 1.70. The molecule has 0 saturated carbocycles. The van der Waals surface area contributed by atoms with Gasteiger partial charge in [-0.25, -0.2) is 0 Å². The molecule has 3 rings (SSSR count). The summed E-state index contributed by atoms with van der Waals surface area (Å²) in [6, 6.07) is 10.1. The van der Waals surface area contributed by atoms with Gasteiger partial charge in [0.05, 0.1) is 18.6 Å². The number of rotatable bonds is 2. The summed E-state index contributed by atoms with van der Waals surface area (Å²) < 4.78 is 10.8. The van der Waals surface area contributed by atoms with E-state index in [9.17, 15) is 4.79 Å². The van der Waals surface area contributed by atoms with Crippen LogP contribution in [0.5, 0.6) is 0 Å². The third-order valence-corrected chi connectivity index (χ3v) is 3.16. The highest BCUT2D eigenvalue weighted by Crippen LogP contribution is 2.34. The van der Waals surface area contributed by atoms with Gasteiger partial charge in [-0.1, -0.05) is 30.3 Å². The normalized spacial score (nSPS) is 32.5. The third kappa shape index (κ3) is 2.09. The highest BCUT2D eigenvalue weighted by molar-refractivity contribution is 5.71. The lowest BCUT2D eigenvalue weighted by atomic mass is 10.0. The van der Waals surface area contributed by atoms with Crippen molar-refractivity contribution >= 4 is 5.97 Å². The Labute approximate surface area is 94.4 Å². The molecule has 0 aromatic heterocycles. The van der Waals surface area contributed by atoms with Gasteiger partial charge in [-0.15, -0.1) is 0 Å². The van der Waals surface area contributed by atoms with Gasteiger partial charge in [-0.2, -0.15) is 0 Å². The van der Waals surface area contributed by atoms with Gasteiger partial charge in [0.1, 0.15) is 6.10 Å². The van der Waals surface area contributed by atoms with Gasteiger partial charge in [0.2, 0.25) is 0 Å². The minimum Gasteiger partial charge on any atom is -0.462 e. The third-order valence-electron chi connectivity index (χ3n) is 3.16. The van der Waals surface area contributed by atoms with Crippen molar-refractivity contribution in [2.75, 3.05) is 0 Å². The fourth-order valence-electron chi connectivity index (χ4n) is 2.27. The Kier molecular flexibility index (Phi) is 2.40. The first-order valence-electron chi connectivity index (χ1n) is 5.70. The molecule has 0 amide bonds. The molecule has 0 unspecified atom stereocenters. The molecule has 0 spiro atoms. The van der Waals surface area contributed by atoms with Crippen molar-refractivity contribution in [2.45, 2.75) is 37.6 Å². The van der Waals surface area contributed by atoms with Gasteiger partial charge in [-0.05, 0) is 5.56 Å². The summed E-state index contributed by atoms with van der Waals surface area (Å²) in [7, 11) is 0. The molecule has 2 heterocycles. The van der Waals surface area contributed by atoms with Crippen LogP contribution in [-0.2, 0) is 20.7 Å². The summed E-state index contributed by atoms with van der Waals surface area (Å²) in [6.07, 6.45) is 2.42. The van der Waals surface area contributed by atoms with Gasteiger partial charge in [0.15, 0.2) is 0 Å². The zero-order valence-electron chi connectivity index (χ0n) is 8.96. The standard InChI is InChI=1S/C13H14O3/c14-13-8-12-11(16-12)7-10(15-13)6-9-4-2-1-3-5-9/h1-5,10-12H,6-8H2/t10-,11+,12-/m0/s1. The van der Waals surface area contributed by atoms with Crippen molar-refractivity contribution in [3.05, 3.63) is 35.9 Å². The van der Waals surface area contributed by atoms with Crippen LogP contribution < -0.4 is 0 Å². The Hall–Kier alpha value is -1.35. The van der Waals surface area contributed by atoms with Crippen LogP contribution in [0.3, 0.4) is 0 Å². The van der Waals surface area contributed by atoms with E-state index < -0.39 is 0 Å². The van der Waals surface area contributed by atoms with E-state index in [1.54, 1.807) is 0 Å². The average molecular weight is 218 g/mol. The molecule has 16 heavy (non-hydrogen) atoms. The molecule has 84 valence electrons. The van der Waals surface area contributed by atoms with Gasteiger partial charge in [0, 0.05) is 12.8 Å². The second-order valence-electron chi connectivity index (χ2n) is 4.45. The fraction of sp³-hybridized carbons (Fsp3) is 0.462. The van der Waals surface area contributed by atoms with Crippen LogP contribution in [0, 0.1) is 0 Å². The summed E-state index contributed by atoms with van der Waals surface area (Å²) in [5.74, 6) is -0.120. The Morgan fingerprint density at radius 3 is 2.81 bits per heavy atom. The number of fused-ring (bicyclic) bond motifs is 1. The van der Waals surface area contributed by atoms with E-state index in [0.29, 0.717) is 6.42 Å². The number of ether oxygens (including phenoxy) is 2. The Bertz CT molecular complexity index is 387. The molecule has 2 fully saturated rings. The highest BCUT2D eigenvalue weighted by Gasteiger charge is 2.45. The fourth-order valence-corrected chi connectivity index (χ4v) is 2.27. The second-order valence-corrected chi connectivity index (χ2v) is 4.45. The highest BCUT2D eigenvalue weighted by atomic mass is 16.6. The molecule has 1 aromatic rings. The van der Waals surface area contributed by atoms with Crippen LogP contribution in [0.25, 0.3) is 0 Å². The molecule has 3 heteroatoms. The van der Waals surface area contributed by atoms with E-state index in [-0.39, 0.29) is 24.3 Å². The molecule has 3 atom stereocenters. The average Bonchev–Trinajstić information content (AvgIpc) is 2.97. The molecular weight excluding hydrogens is 204 g/mol. The predicted molar refractivity (Wildman–Crippen MR) is 57.9 cm³/mol. The Morgan fingerprint density at radius 2 is 2.00 bits per heavy atom. The van der Waals surface area contributed by atoms with Gasteiger partial charge >= 0.3 is 5.97 Å². The van der Waals surface area contributed by atoms with Crippen molar-refractivity contribution in [1.82, 2.24) is 0 Å². The second kappa shape index (κ2) is 3.91. The van der Waals surface area contributed by atoms with E-state index in [1.165, 1.54) is 5.56 Å². The zero-order valence-corrected chi connectivity index (χ0v) is 8.96. The van der Waals surface area contributed by atoms with E-state index >= 15 is 0 Å². The topological polar surface area (TPSA) is 38.8 Å². The lowest BCUT2D eigenvalue weighted by molar-refractivity contribution is -0.149. The van der Waals surface area contributed by atoms with Crippen LogP contribution in [0.15, 0.2) is 30.3 Å². The van der Waals surface area contributed by atoms with Crippen LogP contribution >= 0.6 is 0 Å². The molecule has 0 radical (unpaired) electrons. The molecule has 0 bridgehead atoms. The van der Waals surface area contributed by atoms with Crippen LogP contribution in [0.4, 0.5) is 0 Å². The number of carbonyl (C=O) groups excluding carboxylic acids is 1. The van der Waals surface area contributed by atoms with Crippen molar-refractivity contribution in [3.63, 3.8) is 0 Å². The van der Waals surface area contributed by atoms with E-state index in [2.05, 4.69) is 12.1 Å². The lowest BCUT2D eigenvalue weighted by Gasteiger charge is -2.15. The maximum atomic E-state index is 11.4. The monoisotopic (exact) mass is 218 g/mol. The smallest absolute Gasteiger partial charge is 0.308 e. The van der Waals surface area contributed by atoms with Crippen LogP contribution in [-0.4, -0.2) is 24.3 Å². The van der Waals surface area contributed by atoms with Crippen molar-refractivity contribution < 1.29 is 14.3 Å². The summed E-state index contributed by atoms with van der Waals surface area (Å²) in [5, 5.41) is 0. The zero-order chi connectivity index (χ0) is 11.0. The van der Waals surface area contributed by atoms with Crippen molar-refractivity contribution in [3.8, 4) is 0 Å². The summed E-state index contributed by atoms with van der Waals surface area (Å²) in [6.45, 7) is 0. The molecule has 2 saturated heterocycles. The van der Waals surface area contributed by atoms with Crippen molar-refractivity contribution in [2.24, 2.45) is 0 Å². The molecule has 0 aliphatic carbocycles. The van der Waals surface area contributed by atoms with E-state index in [1.807, 2.05) is 18.2 Å². The SMILES string of the molecule is O=C1C[C@@H]2O[C@@H]2C[C@H](Cc2ccccc2)O1. The first kappa shape index (κ1) is 9.85. The molecule has 0 N–H and O–H groups in total. The molecule has 3 nitrogen and oxygen atoms in total. The van der Waals surface area contributed by atoms with Crippen LogP contribution in [0.1, 0.15) is 18.4 Å². The van der Waals surface area contributed by atoms with Gasteiger partial charge in [0.25, 0.3) is 0 Å². The summed E-state index contributed by atoms with van der Waals surface area (Å²) in [5.41, 5.74) is 1.21. The number of benzene rings is 1. The molecule has 1 aromatic carbocycles. The maximum Gasteiger partial charge on any atom is 0.308 e. The number of cyclic esters (lactones) is 1. The number of esters is 1. The summed E-state index contributed by atoms with van der Waals surface area (Å²) in [4.78, 5) is 11.4. The van der Waals surface area contributed by atoms with Crippen molar-refractivity contribution in [1.29, 1.82) is 0 Å². The minimum atomic E-state index is -0.120. The first-order chi connectivity index (χ1) is 7.81. The number of hydrogen-bond donors (Lipinski definition) is 0. The molecule has 2 aliphatic rings. The Balaban J connectivity index is 1.67. The van der Waals surface area contributed by atoms with Gasteiger partial charge < -0.3 is 9.47 Å². The van der Waals surface area contributed by atoms with Gasteiger partial charge in [-0.3, -0.25) is 4.79 Å². The number of epoxide rings is 1. The largest absolute Gasteiger partial charge is 0.462 e. The molecular formula is C13H14O3. The van der Waals surface area contributed by atoms with E-state index in [0.717, 1.165) is 12.8 Å². The Morgan fingerprint density at radius 1 is 1.19 bits per heavy atom. The molecule has 2 aliphatic heterocycles. The maximum absolute atomic E-state index is 11.4. The first-order valence-corrected chi connectivity index (χ1v) is 5.70. The summed E-state index contributed by atoms with van der Waals surface area (Å²) >= 11 is 0. The number of hydrogen-bond acceptors (Lipinski definition) is 3. The minimum absolute atomic E-state index is 0.0209. The lowest BCUT2D eigenvalue weighted by Crippen LogP contribution is -2.20. The van der Waals surface area contributed by atoms with E-state index in [4.69, 9.17) is 9.47 Å². The number of carbonyl (C=O) groups is 1. The van der Waals surface area contributed by atoms with Crippen LogP contribution in [0.2, 0.25) is 0 Å².